The fourth-order valence-corrected chi connectivity index (χ4v) is 3.54. The van der Waals surface area contributed by atoms with E-state index in [0.717, 1.165) is 4.68 Å². The lowest BCUT2D eigenvalue weighted by Gasteiger charge is -2.25. The fourth-order valence-electron chi connectivity index (χ4n) is 3.54. The summed E-state index contributed by atoms with van der Waals surface area (Å²) in [5.74, 6) is -1.17. The number of amides is 1. The summed E-state index contributed by atoms with van der Waals surface area (Å²) in [6, 6.07) is 12.4. The van der Waals surface area contributed by atoms with Crippen molar-refractivity contribution in [3.8, 4) is 11.3 Å². The van der Waals surface area contributed by atoms with Crippen molar-refractivity contribution in [3.05, 3.63) is 78.5 Å². The summed E-state index contributed by atoms with van der Waals surface area (Å²) in [7, 11) is 1.38. The molecular formula is C25H24F3N7O. The number of carbonyl (C=O) groups excluding carboxylic acids is 1. The van der Waals surface area contributed by atoms with Crippen LogP contribution in [0, 0.1) is 0 Å². The van der Waals surface area contributed by atoms with Gasteiger partial charge in [0.15, 0.2) is 0 Å². The number of aryl methyl sites for hydroxylation is 1. The van der Waals surface area contributed by atoms with E-state index >= 15 is 0 Å². The topological polar surface area (TPSA) is 88.8 Å². The van der Waals surface area contributed by atoms with E-state index in [9.17, 15) is 18.0 Å². The van der Waals surface area contributed by atoms with Crippen LogP contribution in [0.3, 0.4) is 0 Å². The van der Waals surface area contributed by atoms with Crippen LogP contribution < -0.4 is 10.2 Å². The first-order chi connectivity index (χ1) is 16.9. The maximum Gasteiger partial charge on any atom is 0.493 e. The summed E-state index contributed by atoms with van der Waals surface area (Å²) >= 11 is 0. The van der Waals surface area contributed by atoms with E-state index in [-0.39, 0.29) is 16.3 Å². The largest absolute Gasteiger partial charge is 0.493 e. The number of nitrogens with one attached hydrogen (secondary N) is 1. The number of carbonyl (C=O) groups is 1. The first kappa shape index (κ1) is 24.8. The number of halogens is 3. The average molecular weight is 496 g/mol. The standard InChI is InChI=1S/C25H24F3N7O/c1-24(2,3)20-14-21(34(4)33-20)35(25(26,27)28)23(36)16-7-5-8-17(13-16)32-22-18(9-6-11-30-22)19-10-12-29-15-31-19/h5-15H,1-4H3,(H,30,32). The smallest absolute Gasteiger partial charge is 0.340 e. The van der Waals surface area contributed by atoms with Crippen molar-refractivity contribution in [1.82, 2.24) is 24.7 Å². The number of rotatable bonds is 5. The molecule has 11 heteroatoms. The molecule has 1 N–H and O–H groups in total. The first-order valence-electron chi connectivity index (χ1n) is 11.0. The maximum absolute atomic E-state index is 14.1. The molecule has 1 aromatic carbocycles. The minimum Gasteiger partial charge on any atom is -0.340 e. The molecule has 8 nitrogen and oxygen atoms in total. The third kappa shape index (κ3) is 5.19. The molecule has 0 aliphatic carbocycles. The van der Waals surface area contributed by atoms with Gasteiger partial charge in [0, 0.05) is 47.7 Å². The number of nitrogens with zero attached hydrogens (tertiary/aromatic N) is 6. The fraction of sp³-hybridized carbons (Fsp3) is 0.240. The number of anilines is 3. The molecule has 0 aliphatic heterocycles. The molecule has 3 heterocycles. The normalized spacial score (nSPS) is 11.9. The minimum atomic E-state index is -4.97. The highest BCUT2D eigenvalue weighted by Crippen LogP contribution is 2.34. The molecule has 0 bridgehead atoms. The van der Waals surface area contributed by atoms with Gasteiger partial charge < -0.3 is 5.32 Å². The van der Waals surface area contributed by atoms with Gasteiger partial charge in [0.05, 0.1) is 11.4 Å². The van der Waals surface area contributed by atoms with Crippen LogP contribution in [-0.2, 0) is 12.5 Å². The highest BCUT2D eigenvalue weighted by Gasteiger charge is 2.45. The van der Waals surface area contributed by atoms with Crippen LogP contribution in [0.15, 0.2) is 67.3 Å². The van der Waals surface area contributed by atoms with Crippen molar-refractivity contribution in [2.24, 2.45) is 7.05 Å². The summed E-state index contributed by atoms with van der Waals surface area (Å²) in [5, 5.41) is 7.27. The summed E-state index contributed by atoms with van der Waals surface area (Å²) in [6.45, 7) is 5.50. The Morgan fingerprint density at radius 3 is 2.42 bits per heavy atom. The summed E-state index contributed by atoms with van der Waals surface area (Å²) in [6.07, 6.45) is -0.401. The molecule has 0 atom stereocenters. The zero-order chi connectivity index (χ0) is 26.1. The van der Waals surface area contributed by atoms with Gasteiger partial charge in [0.2, 0.25) is 0 Å². The van der Waals surface area contributed by atoms with Crippen molar-refractivity contribution in [1.29, 1.82) is 0 Å². The monoisotopic (exact) mass is 495 g/mol. The number of benzene rings is 1. The predicted octanol–water partition coefficient (Wildman–Crippen LogP) is 5.48. The van der Waals surface area contributed by atoms with Gasteiger partial charge in [0.25, 0.3) is 5.91 Å². The number of hydrogen-bond donors (Lipinski definition) is 1. The Balaban J connectivity index is 1.69. The van der Waals surface area contributed by atoms with Gasteiger partial charge in [-0.3, -0.25) is 9.48 Å². The van der Waals surface area contributed by atoms with E-state index in [1.165, 1.54) is 37.6 Å². The molecule has 0 aliphatic rings. The quantitative estimate of drug-likeness (QED) is 0.369. The van der Waals surface area contributed by atoms with Crippen LogP contribution in [0.4, 0.5) is 30.5 Å². The molecule has 0 fully saturated rings. The lowest BCUT2D eigenvalue weighted by Crippen LogP contribution is -2.44. The molecular weight excluding hydrogens is 471 g/mol. The zero-order valence-electron chi connectivity index (χ0n) is 20.1. The van der Waals surface area contributed by atoms with Crippen LogP contribution in [0.1, 0.15) is 36.8 Å². The molecule has 4 aromatic rings. The van der Waals surface area contributed by atoms with Gasteiger partial charge in [-0.15, -0.1) is 13.2 Å². The Morgan fingerprint density at radius 2 is 1.78 bits per heavy atom. The van der Waals surface area contributed by atoms with E-state index in [1.807, 2.05) is 20.8 Å². The molecule has 0 saturated carbocycles. The number of alkyl halides is 3. The van der Waals surface area contributed by atoms with Crippen LogP contribution in [0.5, 0.6) is 0 Å². The molecule has 0 unspecified atom stereocenters. The van der Waals surface area contributed by atoms with E-state index in [4.69, 9.17) is 0 Å². The first-order valence-corrected chi connectivity index (χ1v) is 11.0. The number of hydrogen-bond acceptors (Lipinski definition) is 6. The molecule has 36 heavy (non-hydrogen) atoms. The van der Waals surface area contributed by atoms with Crippen molar-refractivity contribution >= 4 is 23.2 Å². The van der Waals surface area contributed by atoms with Gasteiger partial charge in [0.1, 0.15) is 18.0 Å². The molecule has 1 amide bonds. The lowest BCUT2D eigenvalue weighted by atomic mass is 9.92. The van der Waals surface area contributed by atoms with Crippen molar-refractivity contribution in [3.63, 3.8) is 0 Å². The van der Waals surface area contributed by atoms with E-state index in [2.05, 4.69) is 25.4 Å². The van der Waals surface area contributed by atoms with Gasteiger partial charge in [-0.2, -0.15) is 5.10 Å². The highest BCUT2D eigenvalue weighted by atomic mass is 19.4. The minimum absolute atomic E-state index is 0.157. The zero-order valence-corrected chi connectivity index (χ0v) is 20.1. The molecule has 0 spiro atoms. The summed E-state index contributed by atoms with van der Waals surface area (Å²) in [5.41, 5.74) is 1.45. The Morgan fingerprint density at radius 1 is 1.00 bits per heavy atom. The van der Waals surface area contributed by atoms with E-state index in [0.29, 0.717) is 28.5 Å². The van der Waals surface area contributed by atoms with Gasteiger partial charge in [-0.05, 0) is 36.4 Å². The predicted molar refractivity (Wildman–Crippen MR) is 130 cm³/mol. The maximum atomic E-state index is 14.1. The van der Waals surface area contributed by atoms with Crippen molar-refractivity contribution in [2.45, 2.75) is 32.5 Å². The van der Waals surface area contributed by atoms with Crippen LogP contribution in [0.2, 0.25) is 0 Å². The van der Waals surface area contributed by atoms with E-state index < -0.39 is 17.6 Å². The SMILES string of the molecule is Cn1nc(C(C)(C)C)cc1N(C(=O)c1cccc(Nc2ncccc2-c2ccncn2)c1)C(F)(F)F. The Kier molecular flexibility index (Phi) is 6.49. The number of aromatic nitrogens is 5. The Labute approximate surface area is 205 Å². The number of pyridine rings is 1. The highest BCUT2D eigenvalue weighted by molar-refractivity contribution is 6.06. The summed E-state index contributed by atoms with van der Waals surface area (Å²) in [4.78, 5) is 25.5. The average Bonchev–Trinajstić information content (AvgIpc) is 3.21. The Hall–Kier alpha value is -4.28. The van der Waals surface area contributed by atoms with Crippen LogP contribution >= 0.6 is 0 Å². The molecule has 186 valence electrons. The molecule has 0 saturated heterocycles. The lowest BCUT2D eigenvalue weighted by molar-refractivity contribution is -0.123. The molecule has 4 rings (SSSR count). The van der Waals surface area contributed by atoms with Crippen molar-refractivity contribution < 1.29 is 18.0 Å². The Bertz CT molecular complexity index is 1380. The second-order valence-electron chi connectivity index (χ2n) is 9.07. The van der Waals surface area contributed by atoms with Crippen molar-refractivity contribution in [2.75, 3.05) is 10.2 Å². The van der Waals surface area contributed by atoms with Gasteiger partial charge in [-0.25, -0.2) is 19.9 Å². The molecule has 3 aromatic heterocycles. The van der Waals surface area contributed by atoms with Crippen LogP contribution in [0.25, 0.3) is 11.3 Å². The third-order valence-corrected chi connectivity index (χ3v) is 5.35. The third-order valence-electron chi connectivity index (χ3n) is 5.35. The van der Waals surface area contributed by atoms with Crippen LogP contribution in [-0.4, -0.2) is 36.9 Å². The van der Waals surface area contributed by atoms with E-state index in [1.54, 1.807) is 36.7 Å². The second kappa shape index (κ2) is 9.40. The van der Waals surface area contributed by atoms with Gasteiger partial charge in [-0.1, -0.05) is 26.8 Å². The molecule has 0 radical (unpaired) electrons. The summed E-state index contributed by atoms with van der Waals surface area (Å²) < 4.78 is 43.5. The second-order valence-corrected chi connectivity index (χ2v) is 9.07. The van der Waals surface area contributed by atoms with Gasteiger partial charge >= 0.3 is 6.30 Å².